The van der Waals surface area contributed by atoms with E-state index in [1.54, 1.807) is 0 Å². The van der Waals surface area contributed by atoms with Crippen LogP contribution in [0.1, 0.15) is 25.8 Å². The average Bonchev–Trinajstić information content (AvgIpc) is 2.63. The summed E-state index contributed by atoms with van der Waals surface area (Å²) in [5, 5.41) is 2.62. The number of methoxy groups -OCH3 is 1. The second-order valence-corrected chi connectivity index (χ2v) is 5.85. The van der Waals surface area contributed by atoms with Crippen molar-refractivity contribution >= 4 is 18.0 Å². The number of amides is 2. The molecule has 0 saturated heterocycles. The van der Waals surface area contributed by atoms with Crippen LogP contribution >= 0.6 is 0 Å². The SMILES string of the molecule is CC[C@@H](C)[C@@H](NC(=O)CN(C)C(=O)OCc1ccccc1)C(=O)OC. The smallest absolute Gasteiger partial charge is 0.410 e. The maximum absolute atomic E-state index is 12.1. The van der Waals surface area contributed by atoms with Gasteiger partial charge >= 0.3 is 12.1 Å². The second kappa shape index (κ2) is 10.3. The first-order chi connectivity index (χ1) is 11.9. The van der Waals surface area contributed by atoms with Crippen LogP contribution in [0.25, 0.3) is 0 Å². The number of nitrogens with zero attached hydrogens (tertiary/aromatic N) is 1. The number of ether oxygens (including phenoxy) is 2. The molecule has 1 N–H and O–H groups in total. The second-order valence-electron chi connectivity index (χ2n) is 5.85. The Morgan fingerprint density at radius 2 is 1.84 bits per heavy atom. The lowest BCUT2D eigenvalue weighted by Gasteiger charge is -2.23. The maximum atomic E-state index is 12.1. The summed E-state index contributed by atoms with van der Waals surface area (Å²) < 4.78 is 9.87. The molecule has 7 heteroatoms. The summed E-state index contributed by atoms with van der Waals surface area (Å²) in [7, 11) is 2.74. The largest absolute Gasteiger partial charge is 0.467 e. The molecule has 0 aromatic heterocycles. The van der Waals surface area contributed by atoms with Crippen LogP contribution in [-0.2, 0) is 25.7 Å². The highest BCUT2D eigenvalue weighted by molar-refractivity contribution is 5.87. The van der Waals surface area contributed by atoms with Crippen molar-refractivity contribution in [2.75, 3.05) is 20.7 Å². The molecule has 0 fully saturated rings. The van der Waals surface area contributed by atoms with Crippen LogP contribution in [0.4, 0.5) is 4.79 Å². The topological polar surface area (TPSA) is 84.9 Å². The molecule has 0 aliphatic rings. The van der Waals surface area contributed by atoms with Crippen molar-refractivity contribution in [3.8, 4) is 0 Å². The highest BCUT2D eigenvalue weighted by Gasteiger charge is 2.27. The van der Waals surface area contributed by atoms with Crippen molar-refractivity contribution in [3.63, 3.8) is 0 Å². The predicted molar refractivity (Wildman–Crippen MR) is 92.7 cm³/mol. The number of hydrogen-bond acceptors (Lipinski definition) is 5. The molecule has 0 heterocycles. The zero-order valence-electron chi connectivity index (χ0n) is 15.2. The van der Waals surface area contributed by atoms with Gasteiger partial charge in [-0.2, -0.15) is 0 Å². The van der Waals surface area contributed by atoms with Crippen molar-refractivity contribution in [2.24, 2.45) is 5.92 Å². The zero-order chi connectivity index (χ0) is 18.8. The Labute approximate surface area is 148 Å². The van der Waals surface area contributed by atoms with Gasteiger partial charge in [-0.3, -0.25) is 4.79 Å². The fraction of sp³-hybridized carbons (Fsp3) is 0.500. The van der Waals surface area contributed by atoms with Crippen LogP contribution in [0.5, 0.6) is 0 Å². The van der Waals surface area contributed by atoms with Crippen molar-refractivity contribution < 1.29 is 23.9 Å². The van der Waals surface area contributed by atoms with E-state index in [4.69, 9.17) is 9.47 Å². The fourth-order valence-corrected chi connectivity index (χ4v) is 2.12. The van der Waals surface area contributed by atoms with E-state index < -0.39 is 24.0 Å². The molecule has 1 rings (SSSR count). The third-order valence-corrected chi connectivity index (χ3v) is 3.88. The van der Waals surface area contributed by atoms with E-state index in [2.05, 4.69) is 5.32 Å². The molecule has 0 aliphatic carbocycles. The van der Waals surface area contributed by atoms with Crippen molar-refractivity contribution in [1.82, 2.24) is 10.2 Å². The highest BCUT2D eigenvalue weighted by Crippen LogP contribution is 2.09. The third kappa shape index (κ3) is 6.82. The predicted octanol–water partition coefficient (Wildman–Crippen LogP) is 1.96. The lowest BCUT2D eigenvalue weighted by atomic mass is 9.99. The minimum atomic E-state index is -0.740. The number of carbonyl (C=O) groups excluding carboxylic acids is 3. The molecule has 2 amide bonds. The first-order valence-electron chi connectivity index (χ1n) is 8.18. The summed E-state index contributed by atoms with van der Waals surface area (Å²) >= 11 is 0. The number of rotatable bonds is 8. The molecule has 0 bridgehead atoms. The first-order valence-corrected chi connectivity index (χ1v) is 8.18. The number of likely N-dealkylation sites (N-methyl/N-ethyl adjacent to an activating group) is 1. The van der Waals surface area contributed by atoms with Gasteiger partial charge in [0.05, 0.1) is 7.11 Å². The van der Waals surface area contributed by atoms with E-state index in [1.807, 2.05) is 44.2 Å². The van der Waals surface area contributed by atoms with Gasteiger partial charge in [0.15, 0.2) is 0 Å². The zero-order valence-corrected chi connectivity index (χ0v) is 15.2. The van der Waals surface area contributed by atoms with Crippen LogP contribution in [0, 0.1) is 5.92 Å². The van der Waals surface area contributed by atoms with Gasteiger partial charge in [0.25, 0.3) is 0 Å². The molecule has 0 aliphatic heterocycles. The number of esters is 1. The van der Waals surface area contributed by atoms with Gasteiger partial charge in [0, 0.05) is 7.05 Å². The van der Waals surface area contributed by atoms with Gasteiger partial charge in [-0.15, -0.1) is 0 Å². The van der Waals surface area contributed by atoms with E-state index in [0.717, 1.165) is 10.5 Å². The molecule has 1 aromatic carbocycles. The number of hydrogen-bond donors (Lipinski definition) is 1. The summed E-state index contributed by atoms with van der Waals surface area (Å²) in [6.45, 7) is 3.68. The Balaban J connectivity index is 2.50. The molecule has 0 unspecified atom stereocenters. The van der Waals surface area contributed by atoms with Crippen LogP contribution in [0.2, 0.25) is 0 Å². The van der Waals surface area contributed by atoms with Crippen LogP contribution in [0.15, 0.2) is 30.3 Å². The Bertz CT molecular complexity index is 576. The van der Waals surface area contributed by atoms with Crippen molar-refractivity contribution in [2.45, 2.75) is 32.9 Å². The van der Waals surface area contributed by atoms with E-state index in [1.165, 1.54) is 14.2 Å². The molecule has 1 aromatic rings. The summed E-state index contributed by atoms with van der Waals surface area (Å²) in [5.74, 6) is -1.03. The quantitative estimate of drug-likeness (QED) is 0.725. The van der Waals surface area contributed by atoms with Crippen molar-refractivity contribution in [1.29, 1.82) is 0 Å². The van der Waals surface area contributed by atoms with Gasteiger partial charge in [0.1, 0.15) is 19.2 Å². The Morgan fingerprint density at radius 1 is 1.20 bits per heavy atom. The van der Waals surface area contributed by atoms with Crippen LogP contribution in [0.3, 0.4) is 0 Å². The van der Waals surface area contributed by atoms with Gasteiger partial charge in [0.2, 0.25) is 5.91 Å². The molecule has 7 nitrogen and oxygen atoms in total. The number of nitrogens with one attached hydrogen (secondary N) is 1. The first kappa shape index (κ1) is 20.5. The third-order valence-electron chi connectivity index (χ3n) is 3.88. The number of benzene rings is 1. The minimum Gasteiger partial charge on any atom is -0.467 e. The van der Waals surface area contributed by atoms with E-state index in [-0.39, 0.29) is 19.1 Å². The standard InChI is InChI=1S/C18H26N2O5/c1-5-13(2)16(17(22)24-4)19-15(21)11-20(3)18(23)25-12-14-9-7-6-8-10-14/h6-10,13,16H,5,11-12H2,1-4H3,(H,19,21)/t13-,16-/m1/s1. The average molecular weight is 350 g/mol. The molecular formula is C18H26N2O5. The molecule has 138 valence electrons. The molecular weight excluding hydrogens is 324 g/mol. The fourth-order valence-electron chi connectivity index (χ4n) is 2.12. The highest BCUT2D eigenvalue weighted by atomic mass is 16.6. The molecule has 25 heavy (non-hydrogen) atoms. The summed E-state index contributed by atoms with van der Waals surface area (Å²) in [4.78, 5) is 37.0. The summed E-state index contributed by atoms with van der Waals surface area (Å²) in [6.07, 6.45) is 0.0896. The van der Waals surface area contributed by atoms with E-state index in [9.17, 15) is 14.4 Å². The normalized spacial score (nSPS) is 12.6. The van der Waals surface area contributed by atoms with Gasteiger partial charge in [-0.25, -0.2) is 9.59 Å². The molecule has 0 saturated carbocycles. The van der Waals surface area contributed by atoms with Gasteiger partial charge in [-0.05, 0) is 11.5 Å². The van der Waals surface area contributed by atoms with Crippen LogP contribution < -0.4 is 5.32 Å². The lowest BCUT2D eigenvalue weighted by Crippen LogP contribution is -2.49. The van der Waals surface area contributed by atoms with Crippen LogP contribution in [-0.4, -0.2) is 49.6 Å². The van der Waals surface area contributed by atoms with Gasteiger partial charge in [-0.1, -0.05) is 50.6 Å². The van der Waals surface area contributed by atoms with E-state index >= 15 is 0 Å². The maximum Gasteiger partial charge on any atom is 0.410 e. The Kier molecular flexibility index (Phi) is 8.46. The number of carbonyl (C=O) groups is 3. The molecule has 0 spiro atoms. The van der Waals surface area contributed by atoms with Crippen molar-refractivity contribution in [3.05, 3.63) is 35.9 Å². The molecule has 2 atom stereocenters. The monoisotopic (exact) mass is 350 g/mol. The Hall–Kier alpha value is -2.57. The minimum absolute atomic E-state index is 0.0771. The summed E-state index contributed by atoms with van der Waals surface area (Å²) in [5.41, 5.74) is 0.858. The van der Waals surface area contributed by atoms with Gasteiger partial charge < -0.3 is 19.7 Å². The Morgan fingerprint density at radius 3 is 2.40 bits per heavy atom. The summed E-state index contributed by atoms with van der Waals surface area (Å²) in [6, 6.07) is 8.51. The lowest BCUT2D eigenvalue weighted by molar-refractivity contribution is -0.146. The molecule has 0 radical (unpaired) electrons. The van der Waals surface area contributed by atoms with E-state index in [0.29, 0.717) is 6.42 Å².